The van der Waals surface area contributed by atoms with E-state index in [1.807, 2.05) is 0 Å². The van der Waals surface area contributed by atoms with Crippen molar-refractivity contribution in [2.45, 2.75) is 32.6 Å². The SMILES string of the molecule is Cc1ccc(C(c2cccc(C)c2)C(C)c2ccccc2)cc1. The summed E-state index contributed by atoms with van der Waals surface area (Å²) in [7, 11) is 0. The van der Waals surface area contributed by atoms with Crippen LogP contribution >= 0.6 is 0 Å². The topological polar surface area (TPSA) is 0 Å². The van der Waals surface area contributed by atoms with E-state index < -0.39 is 0 Å². The van der Waals surface area contributed by atoms with Crippen LogP contribution in [0.1, 0.15) is 46.6 Å². The molecule has 0 N–H and O–H groups in total. The van der Waals surface area contributed by atoms with Crippen molar-refractivity contribution in [1.29, 1.82) is 0 Å². The molecule has 0 spiro atoms. The Morgan fingerprint density at radius 2 is 1.22 bits per heavy atom. The molecule has 0 bridgehead atoms. The molecule has 0 amide bonds. The van der Waals surface area contributed by atoms with E-state index in [9.17, 15) is 0 Å². The third kappa shape index (κ3) is 3.53. The molecule has 2 unspecified atom stereocenters. The third-order valence-electron chi connectivity index (χ3n) is 4.66. The van der Waals surface area contributed by atoms with Gasteiger partial charge in [-0.05, 0) is 36.5 Å². The minimum Gasteiger partial charge on any atom is -0.0622 e. The number of hydrogen-bond donors (Lipinski definition) is 0. The number of hydrogen-bond acceptors (Lipinski definition) is 0. The molecule has 0 aromatic heterocycles. The molecule has 0 aliphatic rings. The summed E-state index contributed by atoms with van der Waals surface area (Å²) in [6.45, 7) is 6.65. The largest absolute Gasteiger partial charge is 0.0622 e. The molecule has 23 heavy (non-hydrogen) atoms. The molecule has 116 valence electrons. The zero-order valence-electron chi connectivity index (χ0n) is 14.2. The molecule has 0 saturated heterocycles. The van der Waals surface area contributed by atoms with Crippen molar-refractivity contribution >= 4 is 0 Å². The van der Waals surface area contributed by atoms with Gasteiger partial charge in [-0.2, -0.15) is 0 Å². The third-order valence-corrected chi connectivity index (χ3v) is 4.66. The Labute approximate surface area is 139 Å². The maximum absolute atomic E-state index is 2.34. The molecule has 0 fully saturated rings. The van der Waals surface area contributed by atoms with Gasteiger partial charge in [-0.25, -0.2) is 0 Å². The van der Waals surface area contributed by atoms with Crippen LogP contribution in [-0.2, 0) is 0 Å². The van der Waals surface area contributed by atoms with E-state index >= 15 is 0 Å². The quantitative estimate of drug-likeness (QED) is 0.535. The van der Waals surface area contributed by atoms with Crippen LogP contribution in [0.15, 0.2) is 78.9 Å². The molecule has 3 aromatic carbocycles. The van der Waals surface area contributed by atoms with E-state index in [0.717, 1.165) is 0 Å². The van der Waals surface area contributed by atoms with Crippen LogP contribution in [0, 0.1) is 13.8 Å². The lowest BCUT2D eigenvalue weighted by Crippen LogP contribution is -2.10. The summed E-state index contributed by atoms with van der Waals surface area (Å²) in [6, 6.07) is 28.7. The molecule has 0 nitrogen and oxygen atoms in total. The average molecular weight is 300 g/mol. The summed E-state index contributed by atoms with van der Waals surface area (Å²) in [5.41, 5.74) is 6.80. The second kappa shape index (κ2) is 6.83. The summed E-state index contributed by atoms with van der Waals surface area (Å²) in [6.07, 6.45) is 0. The van der Waals surface area contributed by atoms with Gasteiger partial charge in [-0.15, -0.1) is 0 Å². The molecular formula is C23H24. The van der Waals surface area contributed by atoms with Crippen LogP contribution in [0.5, 0.6) is 0 Å². The van der Waals surface area contributed by atoms with E-state index in [1.54, 1.807) is 0 Å². The van der Waals surface area contributed by atoms with Crippen molar-refractivity contribution < 1.29 is 0 Å². The minimum absolute atomic E-state index is 0.373. The average Bonchev–Trinajstić information content (AvgIpc) is 2.58. The zero-order chi connectivity index (χ0) is 16.2. The minimum atomic E-state index is 0.373. The van der Waals surface area contributed by atoms with Crippen molar-refractivity contribution in [2.24, 2.45) is 0 Å². The van der Waals surface area contributed by atoms with E-state index in [-0.39, 0.29) is 0 Å². The van der Waals surface area contributed by atoms with Crippen molar-refractivity contribution in [2.75, 3.05) is 0 Å². The first-order valence-electron chi connectivity index (χ1n) is 8.33. The van der Waals surface area contributed by atoms with E-state index in [0.29, 0.717) is 11.8 Å². The molecule has 0 heteroatoms. The fraction of sp³-hybridized carbons (Fsp3) is 0.217. The predicted molar refractivity (Wildman–Crippen MR) is 99.1 cm³/mol. The normalized spacial score (nSPS) is 13.5. The Hall–Kier alpha value is -2.34. The summed E-state index contributed by atoms with van der Waals surface area (Å²) >= 11 is 0. The van der Waals surface area contributed by atoms with Crippen LogP contribution in [0.25, 0.3) is 0 Å². The second-order valence-electron chi connectivity index (χ2n) is 6.50. The molecular weight excluding hydrogens is 276 g/mol. The standard InChI is InChI=1S/C23H24/c1-17-12-14-21(15-13-17)23(22-11-7-8-18(2)16-22)19(3)20-9-5-4-6-10-20/h4-16,19,23H,1-3H3. The van der Waals surface area contributed by atoms with Gasteiger partial charge in [0, 0.05) is 5.92 Å². The van der Waals surface area contributed by atoms with Crippen LogP contribution in [0.2, 0.25) is 0 Å². The fourth-order valence-electron chi connectivity index (χ4n) is 3.36. The molecule has 0 aliphatic heterocycles. The highest BCUT2D eigenvalue weighted by Crippen LogP contribution is 2.38. The van der Waals surface area contributed by atoms with E-state index in [4.69, 9.17) is 0 Å². The highest BCUT2D eigenvalue weighted by atomic mass is 14.3. The lowest BCUT2D eigenvalue weighted by molar-refractivity contribution is 0.657. The number of benzene rings is 3. The van der Waals surface area contributed by atoms with Gasteiger partial charge in [0.25, 0.3) is 0 Å². The highest BCUT2D eigenvalue weighted by Gasteiger charge is 2.22. The Morgan fingerprint density at radius 1 is 0.565 bits per heavy atom. The number of aryl methyl sites for hydroxylation is 2. The first-order valence-corrected chi connectivity index (χ1v) is 8.33. The Balaban J connectivity index is 2.08. The van der Waals surface area contributed by atoms with Gasteiger partial charge in [0.15, 0.2) is 0 Å². The van der Waals surface area contributed by atoms with Crippen LogP contribution in [-0.4, -0.2) is 0 Å². The van der Waals surface area contributed by atoms with Crippen LogP contribution in [0.3, 0.4) is 0 Å². The molecule has 2 atom stereocenters. The Morgan fingerprint density at radius 3 is 1.87 bits per heavy atom. The molecule has 3 rings (SSSR count). The first-order chi connectivity index (χ1) is 11.1. The van der Waals surface area contributed by atoms with Gasteiger partial charge in [0.1, 0.15) is 0 Å². The lowest BCUT2D eigenvalue weighted by atomic mass is 9.78. The molecule has 0 heterocycles. The molecule has 0 aliphatic carbocycles. The summed E-state index contributed by atoms with van der Waals surface area (Å²) in [4.78, 5) is 0. The van der Waals surface area contributed by atoms with Crippen molar-refractivity contribution in [1.82, 2.24) is 0 Å². The van der Waals surface area contributed by atoms with Gasteiger partial charge in [0.05, 0.1) is 0 Å². The first kappa shape index (κ1) is 15.6. The molecule has 3 aromatic rings. The lowest BCUT2D eigenvalue weighted by Gasteiger charge is -2.26. The maximum atomic E-state index is 2.34. The van der Waals surface area contributed by atoms with E-state index in [2.05, 4.69) is 99.6 Å². The van der Waals surface area contributed by atoms with Gasteiger partial charge >= 0.3 is 0 Å². The predicted octanol–water partition coefficient (Wildman–Crippen LogP) is 6.24. The van der Waals surface area contributed by atoms with Gasteiger partial charge < -0.3 is 0 Å². The van der Waals surface area contributed by atoms with Crippen LogP contribution in [0.4, 0.5) is 0 Å². The summed E-state index contributed by atoms with van der Waals surface area (Å²) in [5, 5.41) is 0. The Bertz CT molecular complexity index is 754. The van der Waals surface area contributed by atoms with Crippen molar-refractivity contribution in [3.63, 3.8) is 0 Å². The zero-order valence-corrected chi connectivity index (χ0v) is 14.2. The monoisotopic (exact) mass is 300 g/mol. The van der Waals surface area contributed by atoms with Crippen molar-refractivity contribution in [3.05, 3.63) is 107 Å². The van der Waals surface area contributed by atoms with Gasteiger partial charge in [-0.1, -0.05) is 96.9 Å². The smallest absolute Gasteiger partial charge is 0.0155 e. The van der Waals surface area contributed by atoms with Gasteiger partial charge in [-0.3, -0.25) is 0 Å². The summed E-state index contributed by atoms with van der Waals surface area (Å²) < 4.78 is 0. The summed E-state index contributed by atoms with van der Waals surface area (Å²) in [5.74, 6) is 0.804. The van der Waals surface area contributed by atoms with Crippen molar-refractivity contribution in [3.8, 4) is 0 Å². The molecule has 0 saturated carbocycles. The van der Waals surface area contributed by atoms with Gasteiger partial charge in [0.2, 0.25) is 0 Å². The Kier molecular flexibility index (Phi) is 4.62. The van der Waals surface area contributed by atoms with Crippen LogP contribution < -0.4 is 0 Å². The maximum Gasteiger partial charge on any atom is 0.0155 e. The number of rotatable bonds is 4. The van der Waals surface area contributed by atoms with E-state index in [1.165, 1.54) is 27.8 Å². The molecule has 0 radical (unpaired) electrons. The highest BCUT2D eigenvalue weighted by molar-refractivity contribution is 5.40. The second-order valence-corrected chi connectivity index (χ2v) is 6.50. The fourth-order valence-corrected chi connectivity index (χ4v) is 3.36.